The number of anilines is 2. The van der Waals surface area contributed by atoms with Crippen LogP contribution in [0.1, 0.15) is 12.5 Å². The summed E-state index contributed by atoms with van der Waals surface area (Å²) in [5.74, 6) is 1.59. The van der Waals surface area contributed by atoms with E-state index in [0.29, 0.717) is 25.6 Å². The van der Waals surface area contributed by atoms with Crippen LogP contribution in [0.15, 0.2) is 36.8 Å². The first-order chi connectivity index (χ1) is 13.2. The smallest absolute Gasteiger partial charge is 0.409 e. The zero-order chi connectivity index (χ0) is 19.1. The van der Waals surface area contributed by atoms with Gasteiger partial charge in [-0.1, -0.05) is 0 Å². The van der Waals surface area contributed by atoms with Gasteiger partial charge in [0.05, 0.1) is 6.61 Å². The van der Waals surface area contributed by atoms with Crippen molar-refractivity contribution < 1.29 is 9.53 Å². The maximum atomic E-state index is 11.8. The van der Waals surface area contributed by atoms with Crippen molar-refractivity contribution in [3.63, 3.8) is 0 Å². The summed E-state index contributed by atoms with van der Waals surface area (Å²) < 4.78 is 5.07. The summed E-state index contributed by atoms with van der Waals surface area (Å²) in [6.45, 7) is 5.78. The van der Waals surface area contributed by atoms with E-state index in [1.807, 2.05) is 44.6 Å². The Balaban J connectivity index is 1.56. The summed E-state index contributed by atoms with van der Waals surface area (Å²) >= 11 is 0. The standard InChI is InChI=1S/C19H26N6O2/c1-3-27-19(26)25-14-12-24(13-15-25)17-6-10-21-18(22-17)23(2)11-7-16-4-8-20-9-5-16/h4-6,8-10H,3,7,11-15H2,1-2H3. The number of aromatic nitrogens is 3. The molecule has 8 heteroatoms. The van der Waals surface area contributed by atoms with Crippen molar-refractivity contribution in [2.75, 3.05) is 56.2 Å². The second-order valence-electron chi connectivity index (χ2n) is 6.41. The first-order valence-electron chi connectivity index (χ1n) is 9.27. The molecule has 0 N–H and O–H groups in total. The molecule has 2 aromatic rings. The van der Waals surface area contributed by atoms with E-state index in [2.05, 4.69) is 19.8 Å². The Hall–Kier alpha value is -2.90. The molecule has 0 unspecified atom stereocenters. The minimum atomic E-state index is -0.239. The van der Waals surface area contributed by atoms with Gasteiger partial charge in [-0.3, -0.25) is 4.98 Å². The molecule has 2 aromatic heterocycles. The minimum Gasteiger partial charge on any atom is -0.450 e. The first kappa shape index (κ1) is 18.9. The number of amides is 1. The highest BCUT2D eigenvalue weighted by molar-refractivity contribution is 5.68. The Kier molecular flexibility index (Phi) is 6.40. The molecular formula is C19H26N6O2. The van der Waals surface area contributed by atoms with Gasteiger partial charge in [0, 0.05) is 58.4 Å². The van der Waals surface area contributed by atoms with Gasteiger partial charge in [0.15, 0.2) is 0 Å². The number of piperazine rings is 1. The van der Waals surface area contributed by atoms with Gasteiger partial charge in [-0.2, -0.15) is 4.98 Å². The molecule has 144 valence electrons. The van der Waals surface area contributed by atoms with Crippen LogP contribution in [0.4, 0.5) is 16.6 Å². The highest BCUT2D eigenvalue weighted by Crippen LogP contribution is 2.17. The Morgan fingerprint density at radius 1 is 1.15 bits per heavy atom. The zero-order valence-corrected chi connectivity index (χ0v) is 15.9. The van der Waals surface area contributed by atoms with E-state index in [1.165, 1.54) is 5.56 Å². The molecule has 0 spiro atoms. The van der Waals surface area contributed by atoms with E-state index >= 15 is 0 Å². The summed E-state index contributed by atoms with van der Waals surface area (Å²) in [7, 11) is 2.00. The average molecular weight is 370 g/mol. The Labute approximate surface area is 159 Å². The Morgan fingerprint density at radius 2 is 1.89 bits per heavy atom. The van der Waals surface area contributed by atoms with E-state index in [0.717, 1.165) is 31.9 Å². The molecule has 1 aliphatic rings. The molecule has 27 heavy (non-hydrogen) atoms. The summed E-state index contributed by atoms with van der Waals surface area (Å²) in [4.78, 5) is 31.0. The van der Waals surface area contributed by atoms with Gasteiger partial charge in [-0.15, -0.1) is 0 Å². The summed E-state index contributed by atoms with van der Waals surface area (Å²) in [6, 6.07) is 5.96. The van der Waals surface area contributed by atoms with Crippen molar-refractivity contribution in [2.45, 2.75) is 13.3 Å². The highest BCUT2D eigenvalue weighted by atomic mass is 16.6. The summed E-state index contributed by atoms with van der Waals surface area (Å²) in [6.07, 6.45) is 6.07. The van der Waals surface area contributed by atoms with Crippen LogP contribution >= 0.6 is 0 Å². The second kappa shape index (κ2) is 9.16. The number of hydrogen-bond acceptors (Lipinski definition) is 7. The SMILES string of the molecule is CCOC(=O)N1CCN(c2ccnc(N(C)CCc3ccncc3)n2)CC1. The lowest BCUT2D eigenvalue weighted by molar-refractivity contribution is 0.105. The van der Waals surface area contributed by atoms with Crippen LogP contribution in [0.25, 0.3) is 0 Å². The number of pyridine rings is 1. The maximum absolute atomic E-state index is 11.8. The van der Waals surface area contributed by atoms with Crippen LogP contribution < -0.4 is 9.80 Å². The molecule has 0 bridgehead atoms. The molecule has 3 heterocycles. The fraction of sp³-hybridized carbons (Fsp3) is 0.474. The van der Waals surface area contributed by atoms with E-state index in [-0.39, 0.29) is 6.09 Å². The maximum Gasteiger partial charge on any atom is 0.409 e. The van der Waals surface area contributed by atoms with Crippen molar-refractivity contribution >= 4 is 17.9 Å². The largest absolute Gasteiger partial charge is 0.450 e. The van der Waals surface area contributed by atoms with Gasteiger partial charge in [0.1, 0.15) is 5.82 Å². The predicted octanol–water partition coefficient (Wildman–Crippen LogP) is 1.83. The molecule has 1 aliphatic heterocycles. The molecule has 0 atom stereocenters. The molecular weight excluding hydrogens is 344 g/mol. The van der Waals surface area contributed by atoms with Crippen molar-refractivity contribution in [1.82, 2.24) is 19.9 Å². The Bertz CT molecular complexity index is 734. The normalized spacial score (nSPS) is 14.1. The van der Waals surface area contributed by atoms with E-state index < -0.39 is 0 Å². The first-order valence-corrected chi connectivity index (χ1v) is 9.27. The number of nitrogens with zero attached hydrogens (tertiary/aromatic N) is 6. The molecule has 1 fully saturated rings. The van der Waals surface area contributed by atoms with Gasteiger partial charge in [-0.05, 0) is 37.1 Å². The fourth-order valence-corrected chi connectivity index (χ4v) is 2.98. The molecule has 0 radical (unpaired) electrons. The van der Waals surface area contributed by atoms with Crippen LogP contribution in [0.5, 0.6) is 0 Å². The van der Waals surface area contributed by atoms with Crippen LogP contribution in [-0.4, -0.2) is 72.3 Å². The molecule has 0 aromatic carbocycles. The average Bonchev–Trinajstić information content (AvgIpc) is 2.73. The summed E-state index contributed by atoms with van der Waals surface area (Å²) in [5, 5.41) is 0. The third-order valence-corrected chi connectivity index (χ3v) is 4.58. The van der Waals surface area contributed by atoms with E-state index in [1.54, 1.807) is 11.1 Å². The summed E-state index contributed by atoms with van der Waals surface area (Å²) in [5.41, 5.74) is 1.24. The lowest BCUT2D eigenvalue weighted by Gasteiger charge is -2.34. The van der Waals surface area contributed by atoms with E-state index in [9.17, 15) is 4.79 Å². The minimum absolute atomic E-state index is 0.239. The van der Waals surface area contributed by atoms with Gasteiger partial charge in [0.2, 0.25) is 5.95 Å². The number of rotatable bonds is 6. The second-order valence-corrected chi connectivity index (χ2v) is 6.41. The molecule has 1 saturated heterocycles. The predicted molar refractivity (Wildman–Crippen MR) is 104 cm³/mol. The monoisotopic (exact) mass is 370 g/mol. The van der Waals surface area contributed by atoms with Gasteiger partial charge in [-0.25, -0.2) is 9.78 Å². The van der Waals surface area contributed by atoms with Crippen molar-refractivity contribution in [3.05, 3.63) is 42.4 Å². The number of hydrogen-bond donors (Lipinski definition) is 0. The number of ether oxygens (including phenoxy) is 1. The molecule has 0 saturated carbocycles. The number of likely N-dealkylation sites (N-methyl/N-ethyl adjacent to an activating group) is 1. The quantitative estimate of drug-likeness (QED) is 0.768. The van der Waals surface area contributed by atoms with Crippen molar-refractivity contribution in [3.8, 4) is 0 Å². The van der Waals surface area contributed by atoms with Gasteiger partial charge >= 0.3 is 6.09 Å². The van der Waals surface area contributed by atoms with Crippen LogP contribution in [0.3, 0.4) is 0 Å². The molecule has 1 amide bonds. The lowest BCUT2D eigenvalue weighted by atomic mass is 10.2. The van der Waals surface area contributed by atoms with Crippen LogP contribution in [0, 0.1) is 0 Å². The van der Waals surface area contributed by atoms with Crippen molar-refractivity contribution in [2.24, 2.45) is 0 Å². The van der Waals surface area contributed by atoms with Crippen LogP contribution in [0.2, 0.25) is 0 Å². The van der Waals surface area contributed by atoms with Gasteiger partial charge in [0.25, 0.3) is 0 Å². The Morgan fingerprint density at radius 3 is 2.59 bits per heavy atom. The molecule has 0 aliphatic carbocycles. The zero-order valence-electron chi connectivity index (χ0n) is 15.9. The molecule has 3 rings (SSSR count). The molecule has 8 nitrogen and oxygen atoms in total. The fourth-order valence-electron chi connectivity index (χ4n) is 2.98. The number of carbonyl (C=O) groups excluding carboxylic acids is 1. The third-order valence-electron chi connectivity index (χ3n) is 4.58. The van der Waals surface area contributed by atoms with E-state index in [4.69, 9.17) is 9.72 Å². The van der Waals surface area contributed by atoms with Gasteiger partial charge < -0.3 is 19.4 Å². The van der Waals surface area contributed by atoms with Crippen molar-refractivity contribution in [1.29, 1.82) is 0 Å². The highest BCUT2D eigenvalue weighted by Gasteiger charge is 2.23. The van der Waals surface area contributed by atoms with Crippen LogP contribution in [-0.2, 0) is 11.2 Å². The topological polar surface area (TPSA) is 74.7 Å². The number of carbonyl (C=O) groups is 1. The third kappa shape index (κ3) is 5.06. The lowest BCUT2D eigenvalue weighted by Crippen LogP contribution is -2.49.